The van der Waals surface area contributed by atoms with Crippen molar-refractivity contribution in [1.82, 2.24) is 0 Å². The summed E-state index contributed by atoms with van der Waals surface area (Å²) in [5, 5.41) is 0. The van der Waals surface area contributed by atoms with Crippen LogP contribution < -0.4 is 0 Å². The Hall–Kier alpha value is 0.821. The molecule has 13 fully saturated rings. The molecule has 18 atom stereocenters. The summed E-state index contributed by atoms with van der Waals surface area (Å²) in [5.74, 6) is 3.87. The fraction of sp³-hybridized carbons (Fsp3) is 1.00. The molecule has 0 aromatic carbocycles. The van der Waals surface area contributed by atoms with E-state index in [0.29, 0.717) is 109 Å². The number of epoxide rings is 6. The lowest BCUT2D eigenvalue weighted by molar-refractivity contribution is 0.212. The molecule has 18 unspecified atom stereocenters. The first kappa shape index (κ1) is 52.2. The summed E-state index contributed by atoms with van der Waals surface area (Å²) in [6, 6.07) is 5.84. The fourth-order valence-corrected chi connectivity index (χ4v) is 52.4. The molecular weight excluding hydrogens is 1010 g/mol. The molecule has 7 aliphatic heterocycles. The largest absolute Gasteiger partial charge is 0.416 e. The van der Waals surface area contributed by atoms with Gasteiger partial charge in [-0.05, 0) is 265 Å². The Morgan fingerprint density at radius 3 is 0.514 bits per heavy atom. The predicted octanol–water partition coefficient (Wildman–Crippen LogP) is 12.3. The van der Waals surface area contributed by atoms with Crippen LogP contribution >= 0.6 is 0 Å². The van der Waals surface area contributed by atoms with Gasteiger partial charge in [-0.3, -0.25) is 0 Å². The quantitative estimate of drug-likeness (QED) is 0.0956. The van der Waals surface area contributed by atoms with Crippen molar-refractivity contribution in [2.24, 2.45) is 35.5 Å². The normalized spacial score (nSPS) is 55.2. The second kappa shape index (κ2) is 20.4. The van der Waals surface area contributed by atoms with E-state index in [1.54, 1.807) is 0 Å². The number of hydrogen-bond donors (Lipinski definition) is 0. The molecule has 0 radical (unpaired) electrons. The van der Waals surface area contributed by atoms with Crippen LogP contribution in [0.15, 0.2) is 0 Å². The standard InChI is InChI=1S/C54H96O12Si6/c1-67(25-19-37-7-13-43-49(31-37)55-43)61-68(2,26-20-38-8-14-44-50(32-38)56-44)63-70(4,28-22-40-10-16-46-52(34-40)58-46)65-72(6,30-24-42-12-18-48-54(36-42)60-48)66-71(5,29-23-41-11-17-47-53(35-41)59-47)64-69(3,62-67)27-21-39-9-15-45-51(33-39)57-45/h37-54H,7-36H2,1-6H3. The minimum absolute atomic E-state index is 0.463. The molecular formula is C54H96O12Si6. The Balaban J connectivity index is 0.852. The van der Waals surface area contributed by atoms with E-state index in [0.717, 1.165) is 74.8 Å². The molecule has 0 spiro atoms. The van der Waals surface area contributed by atoms with Crippen molar-refractivity contribution < 1.29 is 53.1 Å². The average Bonchev–Trinajstić information content (AvgIpc) is 4.11. The van der Waals surface area contributed by atoms with Gasteiger partial charge >= 0.3 is 51.4 Å². The van der Waals surface area contributed by atoms with Crippen molar-refractivity contribution in [3.05, 3.63) is 0 Å². The molecule has 0 N–H and O–H groups in total. The van der Waals surface area contributed by atoms with Gasteiger partial charge in [0.1, 0.15) is 0 Å². The van der Waals surface area contributed by atoms with E-state index in [9.17, 15) is 0 Å². The zero-order chi connectivity index (χ0) is 49.1. The van der Waals surface area contributed by atoms with E-state index >= 15 is 0 Å². The van der Waals surface area contributed by atoms with Gasteiger partial charge in [-0.2, -0.15) is 0 Å². The highest BCUT2D eigenvalue weighted by Crippen LogP contribution is 2.50. The van der Waals surface area contributed by atoms with Gasteiger partial charge in [-0.15, -0.1) is 0 Å². The minimum Gasteiger partial charge on any atom is -0.416 e. The molecule has 408 valence electrons. The maximum atomic E-state index is 8.26. The van der Waals surface area contributed by atoms with Crippen LogP contribution in [0.1, 0.15) is 154 Å². The Morgan fingerprint density at radius 2 is 0.375 bits per heavy atom. The van der Waals surface area contributed by atoms with E-state index in [2.05, 4.69) is 39.3 Å². The van der Waals surface area contributed by atoms with Crippen molar-refractivity contribution in [3.8, 4) is 0 Å². The lowest BCUT2D eigenvalue weighted by Crippen LogP contribution is -2.67. The molecule has 7 saturated heterocycles. The highest BCUT2D eigenvalue weighted by Gasteiger charge is 2.60. The maximum Gasteiger partial charge on any atom is 0.317 e. The Labute approximate surface area is 440 Å². The van der Waals surface area contributed by atoms with Crippen molar-refractivity contribution in [3.63, 3.8) is 0 Å². The zero-order valence-electron chi connectivity index (χ0n) is 45.5. The van der Waals surface area contributed by atoms with Gasteiger partial charge in [0.15, 0.2) is 0 Å². The Bertz CT molecular complexity index is 1570. The third kappa shape index (κ3) is 13.0. The summed E-state index contributed by atoms with van der Waals surface area (Å²) < 4.78 is 86.3. The molecule has 6 aliphatic carbocycles. The van der Waals surface area contributed by atoms with Gasteiger partial charge in [-0.1, -0.05) is 0 Å². The first-order valence-electron chi connectivity index (χ1n) is 30.6. The number of hydrogen-bond acceptors (Lipinski definition) is 12. The SMILES string of the molecule is C[Si]1(CCC2CCC3OC3C2)O[Si](C)(CCC2CCC3OC3C2)O[Si](C)(CCC2CCC3OC3C2)O[Si](C)(CCC2CCC3OC3C2)O[Si](C)(CCC2CCC3OC3C2)O[Si](C)(CCC2CCC3OC3C2)O1. The summed E-state index contributed by atoms with van der Waals surface area (Å²) in [4.78, 5) is 0. The smallest absolute Gasteiger partial charge is 0.317 e. The van der Waals surface area contributed by atoms with Crippen molar-refractivity contribution >= 4 is 51.4 Å². The van der Waals surface area contributed by atoms with Gasteiger partial charge in [0.05, 0.1) is 73.2 Å². The minimum atomic E-state index is -3.00. The summed E-state index contributed by atoms with van der Waals surface area (Å²) in [5.41, 5.74) is 0. The van der Waals surface area contributed by atoms with E-state index in [1.165, 1.54) is 116 Å². The van der Waals surface area contributed by atoms with Crippen LogP contribution in [0, 0.1) is 35.5 Å². The molecule has 72 heavy (non-hydrogen) atoms. The summed E-state index contributed by atoms with van der Waals surface area (Å²) in [6.07, 6.45) is 34.3. The lowest BCUT2D eigenvalue weighted by atomic mass is 9.88. The van der Waals surface area contributed by atoms with Crippen LogP contribution in [-0.2, 0) is 53.1 Å². The maximum absolute atomic E-state index is 8.26. The van der Waals surface area contributed by atoms with Gasteiger partial charge in [0, 0.05) is 0 Å². The monoisotopic (exact) mass is 1100 g/mol. The molecule has 0 bridgehead atoms. The van der Waals surface area contributed by atoms with Crippen LogP contribution in [0.4, 0.5) is 0 Å². The molecule has 0 aromatic rings. The third-order valence-corrected chi connectivity index (χ3v) is 49.2. The average molecular weight is 1110 g/mol. The topological polar surface area (TPSA) is 131 Å². The summed E-state index contributed by atoms with van der Waals surface area (Å²) >= 11 is 0. The first-order chi connectivity index (χ1) is 34.5. The van der Waals surface area contributed by atoms with Crippen LogP contribution in [0.2, 0.25) is 75.5 Å². The third-order valence-electron chi connectivity index (χ3n) is 21.3. The Morgan fingerprint density at radius 1 is 0.222 bits per heavy atom. The van der Waals surface area contributed by atoms with E-state index in [4.69, 9.17) is 53.1 Å². The van der Waals surface area contributed by atoms with E-state index < -0.39 is 51.4 Å². The fourth-order valence-electron chi connectivity index (χ4n) is 16.8. The highest BCUT2D eigenvalue weighted by atomic mass is 28.5. The second-order valence-electron chi connectivity index (χ2n) is 28.0. The summed E-state index contributed by atoms with van der Waals surface area (Å²) in [7, 11) is -18.0. The van der Waals surface area contributed by atoms with Crippen LogP contribution in [0.3, 0.4) is 0 Å². The molecule has 18 heteroatoms. The molecule has 12 nitrogen and oxygen atoms in total. The summed E-state index contributed by atoms with van der Waals surface area (Å²) in [6.45, 7) is 14.8. The molecule has 6 saturated carbocycles. The van der Waals surface area contributed by atoms with Gasteiger partial charge in [-0.25, -0.2) is 0 Å². The molecule has 13 aliphatic rings. The van der Waals surface area contributed by atoms with Crippen molar-refractivity contribution in [1.29, 1.82) is 0 Å². The number of fused-ring (bicyclic) bond motifs is 6. The second-order valence-corrected chi connectivity index (χ2v) is 49.5. The molecule has 7 heterocycles. The van der Waals surface area contributed by atoms with Gasteiger partial charge < -0.3 is 53.1 Å². The van der Waals surface area contributed by atoms with Gasteiger partial charge in [0.25, 0.3) is 0 Å². The number of rotatable bonds is 18. The van der Waals surface area contributed by atoms with Crippen molar-refractivity contribution in [2.45, 2.75) is 303 Å². The molecule has 0 aromatic heterocycles. The van der Waals surface area contributed by atoms with Crippen LogP contribution in [0.25, 0.3) is 0 Å². The van der Waals surface area contributed by atoms with Gasteiger partial charge in [0.2, 0.25) is 0 Å². The first-order valence-corrected chi connectivity index (χ1v) is 45.8. The molecule has 0 amide bonds. The zero-order valence-corrected chi connectivity index (χ0v) is 51.5. The van der Waals surface area contributed by atoms with E-state index in [1.807, 2.05) is 0 Å². The lowest BCUT2D eigenvalue weighted by Gasteiger charge is -2.51. The Kier molecular flexibility index (Phi) is 14.8. The predicted molar refractivity (Wildman–Crippen MR) is 289 cm³/mol. The highest BCUT2D eigenvalue weighted by molar-refractivity contribution is 6.94. The van der Waals surface area contributed by atoms with Crippen molar-refractivity contribution in [2.75, 3.05) is 0 Å². The van der Waals surface area contributed by atoms with Crippen LogP contribution in [-0.4, -0.2) is 125 Å². The molecule has 13 rings (SSSR count). The van der Waals surface area contributed by atoms with E-state index in [-0.39, 0.29) is 0 Å². The van der Waals surface area contributed by atoms with Crippen LogP contribution in [0.5, 0.6) is 0 Å². The number of ether oxygens (including phenoxy) is 6.